The van der Waals surface area contributed by atoms with E-state index in [1.165, 1.54) is 16.5 Å². The molecule has 233 valence electrons. The van der Waals surface area contributed by atoms with Crippen molar-refractivity contribution in [2.45, 2.75) is 46.2 Å². The topological polar surface area (TPSA) is 25.8 Å². The molecule has 2 nitrogen and oxygen atoms in total. The second kappa shape index (κ2) is 14.4. The van der Waals surface area contributed by atoms with E-state index in [1.807, 2.05) is 98.9 Å². The first-order valence-electron chi connectivity index (χ1n) is 17.1. The number of aromatic nitrogens is 2. The molecule has 0 aliphatic carbocycles. The Bertz CT molecular complexity index is 2220. The number of nitrogens with zero attached hydrogens (tertiary/aromatic N) is 2. The Hall–Kier alpha value is -3.73. The Labute approximate surface area is 297 Å². The van der Waals surface area contributed by atoms with Gasteiger partial charge < -0.3 is 9.97 Å². The molecule has 0 aliphatic rings. The number of aryl methyl sites for hydroxylation is 1. The zero-order valence-electron chi connectivity index (χ0n) is 30.6. The molecular weight excluding hydrogens is 773 g/mol. The van der Waals surface area contributed by atoms with E-state index in [2.05, 4.69) is 59.9 Å². The summed E-state index contributed by atoms with van der Waals surface area (Å²) in [5.41, 5.74) is 6.74. The van der Waals surface area contributed by atoms with Crippen LogP contribution in [0.5, 0.6) is 0 Å². The first-order valence-corrected chi connectivity index (χ1v) is 19.4. The summed E-state index contributed by atoms with van der Waals surface area (Å²) in [6, 6.07) is 40.2. The maximum Gasteiger partial charge on any atom is 0.0795 e. The summed E-state index contributed by atoms with van der Waals surface area (Å²) in [6.07, 6.45) is 3.74. The molecule has 0 aliphatic heterocycles. The third-order valence-electron chi connectivity index (χ3n) is 7.85. The Morgan fingerprint density at radius 1 is 0.761 bits per heavy atom. The number of pyridine rings is 2. The Morgan fingerprint density at radius 3 is 2.24 bits per heavy atom. The minimum absolute atomic E-state index is 0. The largest absolute Gasteiger partial charge is 0.305 e. The Kier molecular flexibility index (Phi) is 8.89. The molecule has 46 heavy (non-hydrogen) atoms. The third kappa shape index (κ3) is 7.29. The molecule has 1 radical (unpaired) electrons. The third-order valence-corrected chi connectivity index (χ3v) is 11.1. The first-order chi connectivity index (χ1) is 23.2. The van der Waals surface area contributed by atoms with Crippen LogP contribution in [0.4, 0.5) is 0 Å². The number of benzene rings is 4. The summed E-state index contributed by atoms with van der Waals surface area (Å²) < 4.78 is 34.7. The van der Waals surface area contributed by atoms with Crippen LogP contribution in [0.1, 0.15) is 36.4 Å². The van der Waals surface area contributed by atoms with Crippen molar-refractivity contribution in [3.8, 4) is 33.6 Å². The van der Waals surface area contributed by atoms with Crippen LogP contribution in [0.25, 0.3) is 53.8 Å². The van der Waals surface area contributed by atoms with Crippen LogP contribution in [0.2, 0.25) is 19.6 Å². The molecule has 4 aromatic carbocycles. The summed E-state index contributed by atoms with van der Waals surface area (Å²) in [4.78, 5) is 9.08. The van der Waals surface area contributed by atoms with Crippen molar-refractivity contribution in [1.29, 1.82) is 0 Å². The van der Waals surface area contributed by atoms with Crippen LogP contribution >= 0.6 is 11.3 Å². The van der Waals surface area contributed by atoms with Gasteiger partial charge in [-0.15, -0.1) is 59.7 Å². The monoisotopic (exact) mass is 815 g/mol. The minimum atomic E-state index is -2.23. The van der Waals surface area contributed by atoms with Crippen molar-refractivity contribution < 1.29 is 25.6 Å². The molecule has 0 fully saturated rings. The van der Waals surface area contributed by atoms with Gasteiger partial charge in [0.2, 0.25) is 0 Å². The molecule has 0 unspecified atom stereocenters. The van der Waals surface area contributed by atoms with E-state index < -0.39 is 20.8 Å². The van der Waals surface area contributed by atoms with Gasteiger partial charge in [0.15, 0.2) is 0 Å². The van der Waals surface area contributed by atoms with Crippen molar-refractivity contribution >= 4 is 44.8 Å². The van der Waals surface area contributed by atoms with Crippen LogP contribution in [-0.4, -0.2) is 18.0 Å². The quantitative estimate of drug-likeness (QED) is 0.128. The van der Waals surface area contributed by atoms with Crippen molar-refractivity contribution in [2.75, 3.05) is 0 Å². The summed E-state index contributed by atoms with van der Waals surface area (Å²) in [5.74, 6) is -0.745. The average Bonchev–Trinajstić information content (AvgIpc) is 3.47. The van der Waals surface area contributed by atoms with Crippen LogP contribution in [0.3, 0.4) is 0 Å². The van der Waals surface area contributed by atoms with Gasteiger partial charge in [0.1, 0.15) is 0 Å². The van der Waals surface area contributed by atoms with Gasteiger partial charge in [0.05, 0.1) is 8.07 Å². The summed E-state index contributed by atoms with van der Waals surface area (Å²) in [6.45, 7) is 8.46. The number of hydrogen-bond donors (Lipinski definition) is 0. The maximum atomic E-state index is 8.39. The van der Waals surface area contributed by atoms with E-state index in [-0.39, 0.29) is 20.1 Å². The summed E-state index contributed by atoms with van der Waals surface area (Å²) in [7, 11) is -1.23. The number of hydrogen-bond acceptors (Lipinski definition) is 3. The van der Waals surface area contributed by atoms with E-state index in [0.717, 1.165) is 59.4 Å². The molecule has 0 N–H and O–H groups in total. The molecule has 0 saturated carbocycles. The van der Waals surface area contributed by atoms with Crippen LogP contribution in [-0.2, 0) is 20.1 Å². The van der Waals surface area contributed by atoms with E-state index in [9.17, 15) is 0 Å². The molecule has 7 rings (SSSR count). The Morgan fingerprint density at radius 2 is 1.57 bits per heavy atom. The van der Waals surface area contributed by atoms with Crippen molar-refractivity contribution in [3.63, 3.8) is 0 Å². The maximum absolute atomic E-state index is 8.39. The second-order valence-electron chi connectivity index (χ2n) is 12.4. The predicted molar refractivity (Wildman–Crippen MR) is 197 cm³/mol. The Balaban J connectivity index is 0.000000241. The van der Waals surface area contributed by atoms with Gasteiger partial charge in [-0.3, -0.25) is 0 Å². The second-order valence-corrected chi connectivity index (χ2v) is 18.5. The first kappa shape index (κ1) is 28.5. The van der Waals surface area contributed by atoms with Crippen LogP contribution in [0, 0.1) is 19.0 Å². The van der Waals surface area contributed by atoms with Crippen molar-refractivity contribution in [2.24, 2.45) is 0 Å². The van der Waals surface area contributed by atoms with Gasteiger partial charge in [-0.05, 0) is 68.2 Å². The van der Waals surface area contributed by atoms with Crippen LogP contribution in [0.15, 0.2) is 116 Å². The molecule has 0 saturated heterocycles. The number of fused-ring (bicyclic) bond motifs is 3. The van der Waals surface area contributed by atoms with Crippen molar-refractivity contribution in [3.05, 3.63) is 139 Å². The molecule has 5 heteroatoms. The van der Waals surface area contributed by atoms with E-state index in [1.54, 1.807) is 12.3 Å². The molecular formula is C41H38IrN2SSi-2. The van der Waals surface area contributed by atoms with Gasteiger partial charge in [-0.1, -0.05) is 99.0 Å². The minimum Gasteiger partial charge on any atom is -0.305 e. The van der Waals surface area contributed by atoms with E-state index in [0.29, 0.717) is 5.56 Å². The fourth-order valence-electron chi connectivity index (χ4n) is 5.26. The summed E-state index contributed by atoms with van der Waals surface area (Å²) in [5, 5.41) is 3.31. The molecule has 0 spiro atoms. The molecule has 3 aromatic heterocycles. The zero-order valence-corrected chi connectivity index (χ0v) is 30.8. The fourth-order valence-corrected chi connectivity index (χ4v) is 7.50. The van der Waals surface area contributed by atoms with Crippen molar-refractivity contribution in [1.82, 2.24) is 9.97 Å². The van der Waals surface area contributed by atoms with E-state index >= 15 is 0 Å². The van der Waals surface area contributed by atoms with E-state index in [4.69, 9.17) is 5.48 Å². The zero-order chi connectivity index (χ0) is 35.0. The fraction of sp³-hybridized carbons (Fsp3) is 0.171. The van der Waals surface area contributed by atoms with Crippen LogP contribution < -0.4 is 5.19 Å². The molecule has 0 atom stereocenters. The number of thiophene rings is 1. The SMILES string of the molecule is C[Si](C)(C)c1ccc(-c2[c-]cccc2)nc1.[2H]C([2H])([2H])c1cc(-c2ccccc2)cc2c1sc1c(-c3cc(C([2H])(C)C)ccn3)[c-]ccc12.[Ir]. The molecule has 3 heterocycles. The smallest absolute Gasteiger partial charge is 0.0795 e. The van der Waals surface area contributed by atoms with Gasteiger partial charge in [0.25, 0.3) is 0 Å². The van der Waals surface area contributed by atoms with Gasteiger partial charge in [0, 0.05) is 42.7 Å². The normalized spacial score (nSPS) is 13.1. The van der Waals surface area contributed by atoms with Gasteiger partial charge in [-0.25, -0.2) is 0 Å². The standard InChI is InChI=1S/C27H22NS.C14H16NSi.Ir/c1-17(2)20-12-13-28-25(16-20)23-11-7-10-22-24-15-21(19-8-5-4-6-9-19)14-18(3)26(24)29-27(22)23;1-16(2,3)13-9-10-14(15-11-13)12-7-5-4-6-8-12;/h4-10,12-17H,1-3H3;4-7,9-11H,1-3H3;/q2*-1;/i3D3,17D;;. The van der Waals surface area contributed by atoms with Gasteiger partial charge in [-0.2, -0.15) is 11.3 Å². The van der Waals surface area contributed by atoms with Gasteiger partial charge >= 0.3 is 0 Å². The molecule has 0 amide bonds. The predicted octanol–water partition coefficient (Wildman–Crippen LogP) is 11.1. The number of rotatable bonds is 5. The summed E-state index contributed by atoms with van der Waals surface area (Å²) >= 11 is 1.48. The molecule has 0 bridgehead atoms. The molecule has 7 aromatic rings. The average molecular weight is 815 g/mol.